The van der Waals surface area contributed by atoms with Gasteiger partial charge in [-0.15, -0.1) is 0 Å². The number of hydrogen-bond donors (Lipinski definition) is 1. The van der Waals surface area contributed by atoms with Gasteiger partial charge < -0.3 is 15.1 Å². The van der Waals surface area contributed by atoms with Gasteiger partial charge in [0.05, 0.1) is 12.4 Å². The van der Waals surface area contributed by atoms with Crippen LogP contribution >= 0.6 is 0 Å². The highest BCUT2D eigenvalue weighted by molar-refractivity contribution is 6.10. The van der Waals surface area contributed by atoms with Gasteiger partial charge in [-0.05, 0) is 17.7 Å². The van der Waals surface area contributed by atoms with Gasteiger partial charge in [0.15, 0.2) is 5.84 Å². The number of aliphatic imine (C=N–C) groups is 1. The molecule has 4 heteroatoms. The number of rotatable bonds is 3. The first-order chi connectivity index (χ1) is 10.9. The van der Waals surface area contributed by atoms with E-state index in [1.165, 1.54) is 11.3 Å². The Morgan fingerprint density at radius 2 is 1.68 bits per heavy atom. The average Bonchev–Trinajstić information content (AvgIpc) is 3.04. The van der Waals surface area contributed by atoms with Crippen LogP contribution in [0.4, 0.5) is 5.69 Å². The molecule has 0 amide bonds. The van der Waals surface area contributed by atoms with Gasteiger partial charge >= 0.3 is 0 Å². The molecule has 0 atom stereocenters. The van der Waals surface area contributed by atoms with Gasteiger partial charge in [0.2, 0.25) is 0 Å². The summed E-state index contributed by atoms with van der Waals surface area (Å²) in [7, 11) is 0. The molecule has 0 aliphatic carbocycles. The van der Waals surface area contributed by atoms with Crippen molar-refractivity contribution in [1.29, 1.82) is 0 Å². The number of nitrogens with one attached hydrogen (secondary N) is 1. The number of nitrogens with zero attached hydrogens (tertiary/aromatic N) is 3. The molecular formula is C18H18N4. The molecule has 2 heterocycles. The van der Waals surface area contributed by atoms with Crippen LogP contribution in [0, 0.1) is 0 Å². The molecule has 0 radical (unpaired) electrons. The van der Waals surface area contributed by atoms with Crippen LogP contribution in [0.1, 0.15) is 5.56 Å². The Labute approximate surface area is 130 Å². The zero-order valence-electron chi connectivity index (χ0n) is 12.3. The Morgan fingerprint density at radius 3 is 2.45 bits per heavy atom. The van der Waals surface area contributed by atoms with Crippen LogP contribution in [0.5, 0.6) is 0 Å². The number of fused-ring (bicyclic) bond motifs is 1. The highest BCUT2D eigenvalue weighted by Crippen LogP contribution is 2.24. The minimum atomic E-state index is 0.656. The van der Waals surface area contributed by atoms with Crippen LogP contribution in [-0.2, 0) is 6.54 Å². The summed E-state index contributed by atoms with van der Waals surface area (Å²) < 4.78 is 0. The van der Waals surface area contributed by atoms with E-state index in [-0.39, 0.29) is 0 Å². The second-order valence-electron chi connectivity index (χ2n) is 5.50. The molecule has 0 fully saturated rings. The Morgan fingerprint density at radius 1 is 0.955 bits per heavy atom. The lowest BCUT2D eigenvalue weighted by molar-refractivity contribution is 0.370. The number of anilines is 1. The van der Waals surface area contributed by atoms with Gasteiger partial charge in [0, 0.05) is 18.4 Å². The minimum absolute atomic E-state index is 0.656. The third-order valence-corrected chi connectivity index (χ3v) is 3.93. The van der Waals surface area contributed by atoms with E-state index < -0.39 is 0 Å². The van der Waals surface area contributed by atoms with E-state index in [1.807, 2.05) is 6.07 Å². The standard InChI is InChI=1S/C18H18N4/c1-3-7-15(8-4-1)11-21-12-17-18(20-13-19-17)22(14-21)16-9-5-2-6-10-16/h1-10,12,19H,11,13-14H2. The normalized spacial score (nSPS) is 16.7. The fourth-order valence-corrected chi connectivity index (χ4v) is 2.90. The second-order valence-corrected chi connectivity index (χ2v) is 5.50. The van der Waals surface area contributed by atoms with Crippen molar-refractivity contribution in [1.82, 2.24) is 10.2 Å². The number of para-hydroxylation sites is 1. The van der Waals surface area contributed by atoms with E-state index in [0.717, 1.165) is 24.7 Å². The fourth-order valence-electron chi connectivity index (χ4n) is 2.90. The quantitative estimate of drug-likeness (QED) is 0.943. The minimum Gasteiger partial charge on any atom is -0.362 e. The van der Waals surface area contributed by atoms with Crippen LogP contribution in [-0.4, -0.2) is 24.1 Å². The van der Waals surface area contributed by atoms with E-state index in [4.69, 9.17) is 0 Å². The van der Waals surface area contributed by atoms with E-state index in [9.17, 15) is 0 Å². The molecule has 0 spiro atoms. The highest BCUT2D eigenvalue weighted by Gasteiger charge is 2.27. The topological polar surface area (TPSA) is 30.9 Å². The number of amidine groups is 1. The largest absolute Gasteiger partial charge is 0.362 e. The van der Waals surface area contributed by atoms with Crippen LogP contribution in [0.2, 0.25) is 0 Å². The van der Waals surface area contributed by atoms with Crippen molar-refractivity contribution in [3.8, 4) is 0 Å². The summed E-state index contributed by atoms with van der Waals surface area (Å²) in [6, 6.07) is 21.0. The molecule has 0 aromatic heterocycles. The molecule has 4 rings (SSSR count). The molecule has 0 unspecified atom stereocenters. The third kappa shape index (κ3) is 2.44. The Balaban J connectivity index is 1.63. The first kappa shape index (κ1) is 13.0. The van der Waals surface area contributed by atoms with Crippen LogP contribution in [0.25, 0.3) is 0 Å². The van der Waals surface area contributed by atoms with Crippen molar-refractivity contribution >= 4 is 11.5 Å². The predicted octanol–water partition coefficient (Wildman–Crippen LogP) is 2.77. The Hall–Kier alpha value is -2.75. The lowest BCUT2D eigenvalue weighted by Gasteiger charge is -2.36. The maximum absolute atomic E-state index is 4.59. The van der Waals surface area contributed by atoms with Crippen LogP contribution in [0.3, 0.4) is 0 Å². The zero-order valence-corrected chi connectivity index (χ0v) is 12.3. The summed E-state index contributed by atoms with van der Waals surface area (Å²) in [4.78, 5) is 9.17. The van der Waals surface area contributed by atoms with Gasteiger partial charge in [-0.25, -0.2) is 4.99 Å². The van der Waals surface area contributed by atoms with E-state index in [2.05, 4.69) is 80.9 Å². The van der Waals surface area contributed by atoms with Crippen LogP contribution < -0.4 is 10.2 Å². The molecular weight excluding hydrogens is 272 g/mol. The molecule has 1 N–H and O–H groups in total. The molecule has 0 saturated carbocycles. The van der Waals surface area contributed by atoms with Crippen molar-refractivity contribution in [3.05, 3.63) is 78.1 Å². The average molecular weight is 290 g/mol. The van der Waals surface area contributed by atoms with Crippen LogP contribution in [0.15, 0.2) is 77.6 Å². The summed E-state index contributed by atoms with van der Waals surface area (Å²) in [5.74, 6) is 1.04. The van der Waals surface area contributed by atoms with Gasteiger partial charge in [-0.3, -0.25) is 0 Å². The Bertz CT molecular complexity index is 706. The SMILES string of the molecule is C1=C2NCN=C2N(c2ccccc2)CN1Cc1ccccc1. The monoisotopic (exact) mass is 290 g/mol. The molecule has 2 aliphatic heterocycles. The van der Waals surface area contributed by atoms with Gasteiger partial charge in [0.25, 0.3) is 0 Å². The van der Waals surface area contributed by atoms with Crippen molar-refractivity contribution < 1.29 is 0 Å². The van der Waals surface area contributed by atoms with Crippen molar-refractivity contribution in [3.63, 3.8) is 0 Å². The maximum atomic E-state index is 4.59. The second kappa shape index (κ2) is 5.56. The van der Waals surface area contributed by atoms with Crippen molar-refractivity contribution in [2.45, 2.75) is 6.54 Å². The summed E-state index contributed by atoms with van der Waals surface area (Å²) in [5, 5.41) is 3.35. The fraction of sp³-hybridized carbons (Fsp3) is 0.167. The molecule has 2 aromatic rings. The summed E-state index contributed by atoms with van der Waals surface area (Å²) in [6.45, 7) is 2.36. The molecule has 110 valence electrons. The molecule has 2 aliphatic rings. The molecule has 0 saturated heterocycles. The van der Waals surface area contributed by atoms with Crippen molar-refractivity contribution in [2.24, 2.45) is 4.99 Å². The molecule has 2 aromatic carbocycles. The van der Waals surface area contributed by atoms with E-state index in [0.29, 0.717) is 6.67 Å². The predicted molar refractivity (Wildman–Crippen MR) is 89.3 cm³/mol. The third-order valence-electron chi connectivity index (χ3n) is 3.93. The summed E-state index contributed by atoms with van der Waals surface area (Å²) in [5.41, 5.74) is 3.59. The Kier molecular flexibility index (Phi) is 3.27. The van der Waals surface area contributed by atoms with Crippen molar-refractivity contribution in [2.75, 3.05) is 18.2 Å². The summed E-state index contributed by atoms with van der Waals surface area (Å²) in [6.07, 6.45) is 2.18. The first-order valence-electron chi connectivity index (χ1n) is 7.51. The van der Waals surface area contributed by atoms with E-state index >= 15 is 0 Å². The first-order valence-corrected chi connectivity index (χ1v) is 7.51. The van der Waals surface area contributed by atoms with Gasteiger partial charge in [-0.2, -0.15) is 0 Å². The lowest BCUT2D eigenvalue weighted by atomic mass is 10.2. The smallest absolute Gasteiger partial charge is 0.156 e. The lowest BCUT2D eigenvalue weighted by Crippen LogP contribution is -2.45. The van der Waals surface area contributed by atoms with Gasteiger partial charge in [-0.1, -0.05) is 48.5 Å². The van der Waals surface area contributed by atoms with E-state index in [1.54, 1.807) is 0 Å². The molecule has 4 nitrogen and oxygen atoms in total. The molecule has 0 bridgehead atoms. The highest BCUT2D eigenvalue weighted by atomic mass is 15.4. The molecule has 22 heavy (non-hydrogen) atoms. The van der Waals surface area contributed by atoms with Gasteiger partial charge in [0.1, 0.15) is 6.67 Å². The maximum Gasteiger partial charge on any atom is 0.156 e. The number of hydrogen-bond acceptors (Lipinski definition) is 4. The summed E-state index contributed by atoms with van der Waals surface area (Å²) >= 11 is 0. The number of benzene rings is 2. The zero-order chi connectivity index (χ0) is 14.8.